The van der Waals surface area contributed by atoms with Crippen LogP contribution in [0.4, 0.5) is 0 Å². The SMILES string of the molecule is CP(C)(=O)c1cnnc(Cl)c1. The second kappa shape index (κ2) is 2.92. The molecule has 0 aliphatic rings. The molecule has 0 saturated heterocycles. The summed E-state index contributed by atoms with van der Waals surface area (Å²) in [5.41, 5.74) is 0. The summed E-state index contributed by atoms with van der Waals surface area (Å²) in [4.78, 5) is 0. The van der Waals surface area contributed by atoms with Crippen LogP contribution < -0.4 is 5.30 Å². The Hall–Kier alpha value is -0.400. The van der Waals surface area contributed by atoms with Crippen LogP contribution in [0.25, 0.3) is 0 Å². The lowest BCUT2D eigenvalue weighted by Gasteiger charge is -2.04. The predicted molar refractivity (Wildman–Crippen MR) is 46.1 cm³/mol. The fourth-order valence-corrected chi connectivity index (χ4v) is 1.63. The van der Waals surface area contributed by atoms with Crippen LogP contribution in [0, 0.1) is 0 Å². The third kappa shape index (κ3) is 2.28. The predicted octanol–water partition coefficient (Wildman–Crippen LogP) is 1.38. The van der Waals surface area contributed by atoms with Crippen LogP contribution in [-0.2, 0) is 4.57 Å². The number of halogens is 1. The molecule has 0 aliphatic carbocycles. The Morgan fingerprint density at radius 3 is 2.55 bits per heavy atom. The van der Waals surface area contributed by atoms with E-state index in [1.807, 2.05) is 0 Å². The lowest BCUT2D eigenvalue weighted by Crippen LogP contribution is -2.04. The van der Waals surface area contributed by atoms with E-state index in [0.717, 1.165) is 0 Å². The Bertz CT molecular complexity index is 309. The van der Waals surface area contributed by atoms with Crippen molar-refractivity contribution in [1.29, 1.82) is 0 Å². The molecule has 11 heavy (non-hydrogen) atoms. The summed E-state index contributed by atoms with van der Waals surface area (Å²) in [6.07, 6.45) is 1.48. The van der Waals surface area contributed by atoms with E-state index in [2.05, 4.69) is 10.2 Å². The minimum absolute atomic E-state index is 0.284. The van der Waals surface area contributed by atoms with Crippen molar-refractivity contribution in [3.05, 3.63) is 17.4 Å². The third-order valence-corrected chi connectivity index (χ3v) is 2.90. The Morgan fingerprint density at radius 1 is 1.55 bits per heavy atom. The van der Waals surface area contributed by atoms with Gasteiger partial charge in [0.05, 0.1) is 6.20 Å². The van der Waals surface area contributed by atoms with Gasteiger partial charge in [-0.1, -0.05) is 11.6 Å². The van der Waals surface area contributed by atoms with E-state index in [-0.39, 0.29) is 5.15 Å². The van der Waals surface area contributed by atoms with E-state index in [1.165, 1.54) is 6.20 Å². The van der Waals surface area contributed by atoms with Gasteiger partial charge < -0.3 is 4.57 Å². The van der Waals surface area contributed by atoms with Crippen LogP contribution in [0.15, 0.2) is 12.3 Å². The van der Waals surface area contributed by atoms with Crippen LogP contribution in [0.5, 0.6) is 0 Å². The van der Waals surface area contributed by atoms with Gasteiger partial charge in [0.2, 0.25) is 0 Å². The highest BCUT2D eigenvalue weighted by atomic mass is 35.5. The van der Waals surface area contributed by atoms with E-state index in [1.54, 1.807) is 19.4 Å². The first-order valence-electron chi connectivity index (χ1n) is 3.04. The van der Waals surface area contributed by atoms with E-state index in [0.29, 0.717) is 5.30 Å². The fraction of sp³-hybridized carbons (Fsp3) is 0.333. The van der Waals surface area contributed by atoms with Gasteiger partial charge in [-0.25, -0.2) is 0 Å². The maximum absolute atomic E-state index is 11.4. The average Bonchev–Trinajstić information content (AvgIpc) is 1.86. The number of nitrogens with zero attached hydrogens (tertiary/aromatic N) is 2. The van der Waals surface area contributed by atoms with Crippen LogP contribution in [0.2, 0.25) is 5.15 Å². The maximum atomic E-state index is 11.4. The summed E-state index contributed by atoms with van der Waals surface area (Å²) in [6, 6.07) is 1.58. The molecule has 60 valence electrons. The molecule has 1 aromatic rings. The first-order valence-corrected chi connectivity index (χ1v) is 6.02. The van der Waals surface area contributed by atoms with Gasteiger partial charge in [-0.2, -0.15) is 5.10 Å². The number of rotatable bonds is 1. The van der Waals surface area contributed by atoms with Gasteiger partial charge in [-0.15, -0.1) is 5.10 Å². The van der Waals surface area contributed by atoms with E-state index >= 15 is 0 Å². The van der Waals surface area contributed by atoms with Gasteiger partial charge in [0.15, 0.2) is 5.15 Å². The highest BCUT2D eigenvalue weighted by Gasteiger charge is 2.11. The van der Waals surface area contributed by atoms with Crippen LogP contribution in [0.3, 0.4) is 0 Å². The molecule has 0 atom stereocenters. The quantitative estimate of drug-likeness (QED) is 0.629. The van der Waals surface area contributed by atoms with Crippen molar-refractivity contribution >= 4 is 24.0 Å². The average molecular weight is 191 g/mol. The molecule has 0 N–H and O–H groups in total. The Kier molecular flexibility index (Phi) is 2.31. The maximum Gasteiger partial charge on any atom is 0.152 e. The standard InChI is InChI=1S/C6H8ClN2OP/c1-11(2,10)5-3-6(7)9-8-4-5/h3-4H,1-2H3. The van der Waals surface area contributed by atoms with Gasteiger partial charge in [-0.3, -0.25) is 0 Å². The molecule has 0 radical (unpaired) electrons. The Balaban J connectivity index is 3.17. The molecule has 1 rings (SSSR count). The van der Waals surface area contributed by atoms with Gasteiger partial charge >= 0.3 is 0 Å². The molecule has 0 amide bonds. The number of aromatic nitrogens is 2. The monoisotopic (exact) mass is 190 g/mol. The molecule has 1 heterocycles. The summed E-state index contributed by atoms with van der Waals surface area (Å²) in [6.45, 7) is 3.33. The zero-order valence-corrected chi connectivity index (χ0v) is 7.93. The van der Waals surface area contributed by atoms with Crippen molar-refractivity contribution in [3.63, 3.8) is 0 Å². The zero-order chi connectivity index (χ0) is 8.48. The lowest BCUT2D eigenvalue weighted by atomic mass is 10.6. The van der Waals surface area contributed by atoms with Gasteiger partial charge in [0, 0.05) is 5.30 Å². The molecule has 0 aromatic carbocycles. The number of hydrogen-bond donors (Lipinski definition) is 0. The lowest BCUT2D eigenvalue weighted by molar-refractivity contribution is 0.588. The molecule has 0 spiro atoms. The minimum Gasteiger partial charge on any atom is -0.319 e. The second-order valence-electron chi connectivity index (χ2n) is 2.59. The van der Waals surface area contributed by atoms with Gasteiger partial charge in [0.1, 0.15) is 7.14 Å². The summed E-state index contributed by atoms with van der Waals surface area (Å²) < 4.78 is 11.4. The molecule has 3 nitrogen and oxygen atoms in total. The van der Waals surface area contributed by atoms with Gasteiger partial charge in [-0.05, 0) is 19.4 Å². The Labute approximate surface area is 70.2 Å². The molecule has 0 fully saturated rings. The molecular formula is C6H8ClN2OP. The summed E-state index contributed by atoms with van der Waals surface area (Å²) in [5, 5.41) is 8.09. The smallest absolute Gasteiger partial charge is 0.152 e. The van der Waals surface area contributed by atoms with Crippen LogP contribution in [-0.4, -0.2) is 23.5 Å². The van der Waals surface area contributed by atoms with E-state index < -0.39 is 7.14 Å². The van der Waals surface area contributed by atoms with Crippen LogP contribution >= 0.6 is 18.7 Å². The van der Waals surface area contributed by atoms with Crippen molar-refractivity contribution in [1.82, 2.24) is 10.2 Å². The molecule has 5 heteroatoms. The van der Waals surface area contributed by atoms with Crippen molar-refractivity contribution in [2.24, 2.45) is 0 Å². The van der Waals surface area contributed by atoms with E-state index in [9.17, 15) is 4.57 Å². The Morgan fingerprint density at radius 2 is 2.18 bits per heavy atom. The second-order valence-corrected chi connectivity index (χ2v) is 6.19. The largest absolute Gasteiger partial charge is 0.319 e. The minimum atomic E-state index is -2.23. The first kappa shape index (κ1) is 8.69. The highest BCUT2D eigenvalue weighted by molar-refractivity contribution is 7.70. The van der Waals surface area contributed by atoms with Crippen molar-refractivity contribution < 1.29 is 4.57 Å². The summed E-state index contributed by atoms with van der Waals surface area (Å²) >= 11 is 5.56. The zero-order valence-electron chi connectivity index (χ0n) is 6.28. The summed E-state index contributed by atoms with van der Waals surface area (Å²) in [5.74, 6) is 0. The van der Waals surface area contributed by atoms with Crippen molar-refractivity contribution in [2.45, 2.75) is 0 Å². The van der Waals surface area contributed by atoms with Gasteiger partial charge in [0.25, 0.3) is 0 Å². The third-order valence-electron chi connectivity index (χ3n) is 1.23. The molecule has 1 aromatic heterocycles. The normalized spacial score (nSPS) is 11.5. The first-order chi connectivity index (χ1) is 5.00. The summed E-state index contributed by atoms with van der Waals surface area (Å²) in [7, 11) is -2.23. The topological polar surface area (TPSA) is 42.9 Å². The van der Waals surface area contributed by atoms with Crippen LogP contribution in [0.1, 0.15) is 0 Å². The number of hydrogen-bond acceptors (Lipinski definition) is 3. The van der Waals surface area contributed by atoms with E-state index in [4.69, 9.17) is 11.6 Å². The fourth-order valence-electron chi connectivity index (χ4n) is 0.626. The van der Waals surface area contributed by atoms with Crippen molar-refractivity contribution in [2.75, 3.05) is 13.3 Å². The molecule has 0 aliphatic heterocycles. The van der Waals surface area contributed by atoms with Crippen molar-refractivity contribution in [3.8, 4) is 0 Å². The molecule has 0 saturated carbocycles. The molecular weight excluding hydrogens is 183 g/mol. The molecule has 0 bridgehead atoms. The highest BCUT2D eigenvalue weighted by Crippen LogP contribution is 2.34. The molecule has 0 unspecified atom stereocenters.